The maximum atomic E-state index is 12.5. The number of fused-ring (bicyclic) bond motifs is 3. The van der Waals surface area contributed by atoms with Crippen LogP contribution < -0.4 is 15.4 Å². The molecule has 0 radical (unpaired) electrons. The van der Waals surface area contributed by atoms with E-state index in [-0.39, 0.29) is 48.5 Å². The maximum Gasteiger partial charge on any atom is 0.227 e. The predicted octanol–water partition coefficient (Wildman–Crippen LogP) is 2.87. The van der Waals surface area contributed by atoms with E-state index < -0.39 is 6.10 Å². The van der Waals surface area contributed by atoms with Crippen molar-refractivity contribution >= 4 is 17.5 Å². The van der Waals surface area contributed by atoms with Gasteiger partial charge >= 0.3 is 0 Å². The van der Waals surface area contributed by atoms with Gasteiger partial charge in [-0.25, -0.2) is 0 Å². The lowest BCUT2D eigenvalue weighted by Crippen LogP contribution is -2.47. The topological polar surface area (TPSA) is 96.9 Å². The molecule has 2 amide bonds. The molecule has 2 aliphatic carbocycles. The van der Waals surface area contributed by atoms with E-state index >= 15 is 0 Å². The zero-order valence-electron chi connectivity index (χ0n) is 17.8. The Balaban J connectivity index is 1.27. The predicted molar refractivity (Wildman–Crippen MR) is 115 cm³/mol. The lowest BCUT2D eigenvalue weighted by Gasteiger charge is -2.37. The molecule has 3 fully saturated rings. The minimum Gasteiger partial charge on any atom is -0.487 e. The van der Waals surface area contributed by atoms with Crippen molar-refractivity contribution in [3.05, 3.63) is 23.8 Å². The highest BCUT2D eigenvalue weighted by Crippen LogP contribution is 2.47. The van der Waals surface area contributed by atoms with Crippen LogP contribution >= 0.6 is 0 Å². The fourth-order valence-electron chi connectivity index (χ4n) is 5.45. The molecular formula is C24H32N2O5. The Bertz CT molecular complexity index is 833. The van der Waals surface area contributed by atoms with E-state index in [0.717, 1.165) is 49.1 Å². The summed E-state index contributed by atoms with van der Waals surface area (Å²) in [5.41, 5.74) is 1.81. The number of benzene rings is 1. The fourth-order valence-corrected chi connectivity index (χ4v) is 5.45. The average Bonchev–Trinajstić information content (AvgIpc) is 3.33. The second-order valence-corrected chi connectivity index (χ2v) is 9.53. The summed E-state index contributed by atoms with van der Waals surface area (Å²) in [4.78, 5) is 24.9. The van der Waals surface area contributed by atoms with E-state index in [9.17, 15) is 14.7 Å². The average molecular weight is 429 g/mol. The monoisotopic (exact) mass is 428 g/mol. The molecule has 7 heteroatoms. The molecule has 4 atom stereocenters. The first-order chi connectivity index (χ1) is 15.1. The van der Waals surface area contributed by atoms with Gasteiger partial charge in [-0.3, -0.25) is 9.59 Å². The molecule has 1 aromatic carbocycles. The Morgan fingerprint density at radius 3 is 2.61 bits per heavy atom. The normalized spacial score (nSPS) is 30.1. The van der Waals surface area contributed by atoms with Crippen molar-refractivity contribution in [3.63, 3.8) is 0 Å². The third kappa shape index (κ3) is 4.30. The largest absolute Gasteiger partial charge is 0.487 e. The van der Waals surface area contributed by atoms with Crippen molar-refractivity contribution in [2.45, 2.75) is 88.1 Å². The Kier molecular flexibility index (Phi) is 5.89. The van der Waals surface area contributed by atoms with Crippen LogP contribution in [0.5, 0.6) is 5.75 Å². The number of anilines is 1. The van der Waals surface area contributed by atoms with E-state index in [1.54, 1.807) is 0 Å². The second kappa shape index (κ2) is 8.79. The molecule has 5 rings (SSSR count). The molecule has 168 valence electrons. The van der Waals surface area contributed by atoms with E-state index in [0.29, 0.717) is 12.8 Å². The number of ether oxygens (including phenoxy) is 2. The number of rotatable bonds is 6. The maximum absolute atomic E-state index is 12.5. The molecule has 0 aromatic heterocycles. The highest BCUT2D eigenvalue weighted by molar-refractivity contribution is 5.93. The third-order valence-corrected chi connectivity index (χ3v) is 7.38. The van der Waals surface area contributed by atoms with Crippen LogP contribution in [-0.2, 0) is 14.3 Å². The van der Waals surface area contributed by atoms with E-state index in [4.69, 9.17) is 9.47 Å². The summed E-state index contributed by atoms with van der Waals surface area (Å²) in [7, 11) is 0. The first-order valence-corrected chi connectivity index (χ1v) is 11.8. The summed E-state index contributed by atoms with van der Waals surface area (Å²) in [6.07, 6.45) is 7.46. The number of hydrogen-bond acceptors (Lipinski definition) is 5. The van der Waals surface area contributed by atoms with Crippen LogP contribution in [0.15, 0.2) is 18.2 Å². The second-order valence-electron chi connectivity index (χ2n) is 9.53. The van der Waals surface area contributed by atoms with Gasteiger partial charge in [0, 0.05) is 29.1 Å². The quantitative estimate of drug-likeness (QED) is 0.647. The zero-order valence-corrected chi connectivity index (χ0v) is 17.8. The standard InChI is InChI=1S/C24H32N2O5/c27-13-21-23-19(11-17(30-21)12-22(28)25-15-6-1-2-7-15)18-10-16(8-9-20(18)31-23)26-24(29)14-4-3-5-14/h8-10,14-15,17,19,21,23,27H,1-7,11-13H2,(H,25,28)(H,26,29)/t17-,19+,21+,23-/m1/s1. The smallest absolute Gasteiger partial charge is 0.227 e. The summed E-state index contributed by atoms with van der Waals surface area (Å²) in [6.45, 7) is -0.152. The minimum absolute atomic E-state index is 0.0210. The minimum atomic E-state index is -0.469. The van der Waals surface area contributed by atoms with Crippen molar-refractivity contribution in [1.29, 1.82) is 0 Å². The number of carbonyl (C=O) groups is 2. The number of nitrogens with one attached hydrogen (secondary N) is 2. The molecule has 31 heavy (non-hydrogen) atoms. The molecule has 0 unspecified atom stereocenters. The van der Waals surface area contributed by atoms with Gasteiger partial charge in [0.25, 0.3) is 0 Å². The van der Waals surface area contributed by atoms with Crippen LogP contribution in [0.3, 0.4) is 0 Å². The molecule has 0 spiro atoms. The molecular weight excluding hydrogens is 396 g/mol. The van der Waals surface area contributed by atoms with Crippen LogP contribution in [-0.4, -0.2) is 47.9 Å². The lowest BCUT2D eigenvalue weighted by atomic mass is 9.83. The SMILES string of the molecule is O=C(C[C@H]1C[C@H]2c3cc(NC(=O)C4CCC4)ccc3O[C@H]2[C@H](CO)O1)NC1CCCC1. The number of aliphatic hydroxyl groups is 1. The summed E-state index contributed by atoms with van der Waals surface area (Å²) in [5.74, 6) is 1.04. The van der Waals surface area contributed by atoms with Gasteiger partial charge in [0.2, 0.25) is 11.8 Å². The Labute approximate surface area is 182 Å². The summed E-state index contributed by atoms with van der Waals surface area (Å²) >= 11 is 0. The van der Waals surface area contributed by atoms with Crippen molar-refractivity contribution in [2.75, 3.05) is 11.9 Å². The molecule has 0 bridgehead atoms. The van der Waals surface area contributed by atoms with Gasteiger partial charge < -0.3 is 25.2 Å². The Morgan fingerprint density at radius 2 is 1.90 bits per heavy atom. The Hall–Kier alpha value is -2.12. The summed E-state index contributed by atoms with van der Waals surface area (Å²) in [5, 5.41) is 16.1. The van der Waals surface area contributed by atoms with Crippen LogP contribution in [0, 0.1) is 5.92 Å². The lowest BCUT2D eigenvalue weighted by molar-refractivity contribution is -0.142. The first-order valence-electron chi connectivity index (χ1n) is 11.8. The fraction of sp³-hybridized carbons (Fsp3) is 0.667. The number of aliphatic hydroxyl groups excluding tert-OH is 1. The van der Waals surface area contributed by atoms with Crippen LogP contribution in [0.4, 0.5) is 5.69 Å². The highest BCUT2D eigenvalue weighted by Gasteiger charge is 2.46. The number of amides is 2. The molecule has 1 saturated heterocycles. The molecule has 2 heterocycles. The van der Waals surface area contributed by atoms with Crippen LogP contribution in [0.25, 0.3) is 0 Å². The summed E-state index contributed by atoms with van der Waals surface area (Å²) in [6, 6.07) is 6.04. The molecule has 4 aliphatic rings. The van der Waals surface area contributed by atoms with Gasteiger partial charge in [0.15, 0.2) is 0 Å². The Morgan fingerprint density at radius 1 is 1.10 bits per heavy atom. The first kappa shape index (κ1) is 20.8. The summed E-state index contributed by atoms with van der Waals surface area (Å²) < 4.78 is 12.2. The van der Waals surface area contributed by atoms with Gasteiger partial charge in [-0.1, -0.05) is 19.3 Å². The third-order valence-electron chi connectivity index (χ3n) is 7.38. The van der Waals surface area contributed by atoms with Gasteiger partial charge in [0.05, 0.1) is 19.1 Å². The molecule has 2 aliphatic heterocycles. The molecule has 1 aromatic rings. The van der Waals surface area contributed by atoms with Gasteiger partial charge in [-0.2, -0.15) is 0 Å². The van der Waals surface area contributed by atoms with Gasteiger partial charge in [-0.15, -0.1) is 0 Å². The number of carbonyl (C=O) groups excluding carboxylic acids is 2. The molecule has 7 nitrogen and oxygen atoms in total. The van der Waals surface area contributed by atoms with Crippen molar-refractivity contribution in [3.8, 4) is 5.75 Å². The van der Waals surface area contributed by atoms with Crippen molar-refractivity contribution in [2.24, 2.45) is 5.92 Å². The molecule has 2 saturated carbocycles. The zero-order chi connectivity index (χ0) is 21.4. The number of hydrogen-bond donors (Lipinski definition) is 3. The van der Waals surface area contributed by atoms with Crippen molar-refractivity contribution in [1.82, 2.24) is 5.32 Å². The molecule has 3 N–H and O–H groups in total. The van der Waals surface area contributed by atoms with Gasteiger partial charge in [0.1, 0.15) is 18.0 Å². The van der Waals surface area contributed by atoms with Crippen LogP contribution in [0.2, 0.25) is 0 Å². The van der Waals surface area contributed by atoms with Crippen molar-refractivity contribution < 1.29 is 24.2 Å². The van der Waals surface area contributed by atoms with E-state index in [2.05, 4.69) is 10.6 Å². The highest BCUT2D eigenvalue weighted by atomic mass is 16.6. The van der Waals surface area contributed by atoms with E-state index in [1.165, 1.54) is 12.8 Å². The van der Waals surface area contributed by atoms with E-state index in [1.807, 2.05) is 18.2 Å². The van der Waals surface area contributed by atoms with Gasteiger partial charge in [-0.05, 0) is 50.3 Å². The van der Waals surface area contributed by atoms with Crippen LogP contribution in [0.1, 0.15) is 69.3 Å².